The molecular formula is C8H10BrClN4O. The van der Waals surface area contributed by atoms with Gasteiger partial charge in [-0.1, -0.05) is 0 Å². The van der Waals surface area contributed by atoms with Crippen molar-refractivity contribution in [3.63, 3.8) is 0 Å². The zero-order chi connectivity index (χ0) is 11.4. The van der Waals surface area contributed by atoms with Crippen LogP contribution in [0.1, 0.15) is 13.3 Å². The molecule has 0 aliphatic rings. The van der Waals surface area contributed by atoms with Crippen molar-refractivity contribution in [1.29, 1.82) is 0 Å². The van der Waals surface area contributed by atoms with E-state index in [1.807, 2.05) is 6.92 Å². The number of nitrogens with two attached hydrogens (primary N) is 1. The minimum absolute atomic E-state index is 0.107. The van der Waals surface area contributed by atoms with E-state index >= 15 is 0 Å². The Morgan fingerprint density at radius 3 is 3.07 bits per heavy atom. The van der Waals surface area contributed by atoms with Crippen LogP contribution < -0.4 is 11.1 Å². The van der Waals surface area contributed by atoms with Gasteiger partial charge in [-0.05, 0) is 34.5 Å². The monoisotopic (exact) mass is 292 g/mol. The first kappa shape index (κ1) is 12.2. The summed E-state index contributed by atoms with van der Waals surface area (Å²) in [6.45, 7) is 1.83. The van der Waals surface area contributed by atoms with Gasteiger partial charge in [-0.25, -0.2) is 4.98 Å². The van der Waals surface area contributed by atoms with Gasteiger partial charge in [0.1, 0.15) is 5.82 Å². The van der Waals surface area contributed by atoms with Crippen LogP contribution in [0, 0.1) is 0 Å². The first-order valence-electron chi connectivity index (χ1n) is 4.22. The molecule has 1 aromatic heterocycles. The third-order valence-electron chi connectivity index (χ3n) is 1.61. The predicted octanol–water partition coefficient (Wildman–Crippen LogP) is 1.57. The summed E-state index contributed by atoms with van der Waals surface area (Å²) >= 11 is 8.89. The summed E-state index contributed by atoms with van der Waals surface area (Å²) in [5.74, 6) is 0.176. The zero-order valence-corrected chi connectivity index (χ0v) is 10.3. The first-order valence-corrected chi connectivity index (χ1v) is 5.39. The number of anilines is 1. The van der Waals surface area contributed by atoms with Gasteiger partial charge in [0.2, 0.25) is 11.2 Å². The topological polar surface area (TPSA) is 80.9 Å². The number of hydrogen-bond acceptors (Lipinski definition) is 4. The summed E-state index contributed by atoms with van der Waals surface area (Å²) in [5.41, 5.74) is 5.07. The lowest BCUT2D eigenvalue weighted by Gasteiger charge is -2.13. The van der Waals surface area contributed by atoms with Gasteiger partial charge in [0.15, 0.2) is 0 Å². The van der Waals surface area contributed by atoms with E-state index in [-0.39, 0.29) is 23.7 Å². The Morgan fingerprint density at radius 2 is 2.47 bits per heavy atom. The maximum absolute atomic E-state index is 10.7. The van der Waals surface area contributed by atoms with Crippen molar-refractivity contribution in [3.05, 3.63) is 16.0 Å². The van der Waals surface area contributed by atoms with Crippen molar-refractivity contribution < 1.29 is 4.79 Å². The maximum Gasteiger partial charge on any atom is 0.224 e. The number of nitrogens with zero attached hydrogens (tertiary/aromatic N) is 2. The Bertz CT molecular complexity index is 374. The SMILES string of the molecule is CC(CC(N)=O)Nc1nc(Cl)ncc1Br. The zero-order valence-electron chi connectivity index (χ0n) is 8.00. The molecule has 5 nitrogen and oxygen atoms in total. The Morgan fingerprint density at radius 1 is 1.80 bits per heavy atom. The third kappa shape index (κ3) is 4.01. The van der Waals surface area contributed by atoms with E-state index in [9.17, 15) is 4.79 Å². The minimum atomic E-state index is -0.369. The summed E-state index contributed by atoms with van der Waals surface area (Å²) in [7, 11) is 0. The molecule has 1 rings (SSSR count). The van der Waals surface area contributed by atoms with Crippen molar-refractivity contribution in [2.45, 2.75) is 19.4 Å². The lowest BCUT2D eigenvalue weighted by Crippen LogP contribution is -2.24. The van der Waals surface area contributed by atoms with Crippen LogP contribution in [0.5, 0.6) is 0 Å². The van der Waals surface area contributed by atoms with Gasteiger partial charge in [0, 0.05) is 18.7 Å². The number of primary amides is 1. The van der Waals surface area contributed by atoms with Crippen molar-refractivity contribution in [2.75, 3.05) is 5.32 Å². The van der Waals surface area contributed by atoms with Gasteiger partial charge in [0.05, 0.1) is 4.47 Å². The van der Waals surface area contributed by atoms with E-state index in [2.05, 4.69) is 31.2 Å². The van der Waals surface area contributed by atoms with Crippen LogP contribution in [0.2, 0.25) is 5.28 Å². The maximum atomic E-state index is 10.7. The quantitative estimate of drug-likeness (QED) is 0.826. The molecule has 82 valence electrons. The molecule has 0 fully saturated rings. The van der Waals surface area contributed by atoms with Crippen LogP contribution in [0.3, 0.4) is 0 Å². The summed E-state index contributed by atoms with van der Waals surface area (Å²) in [4.78, 5) is 18.4. The fourth-order valence-corrected chi connectivity index (χ4v) is 1.47. The molecule has 1 aromatic rings. The highest BCUT2D eigenvalue weighted by molar-refractivity contribution is 9.10. The number of hydrogen-bond donors (Lipinski definition) is 2. The molecule has 7 heteroatoms. The Labute approximate surface area is 101 Å². The number of carbonyl (C=O) groups is 1. The number of rotatable bonds is 4. The molecule has 1 unspecified atom stereocenters. The van der Waals surface area contributed by atoms with Crippen LogP contribution in [-0.4, -0.2) is 21.9 Å². The Kier molecular flexibility index (Phi) is 4.28. The molecular weight excluding hydrogens is 283 g/mol. The van der Waals surface area contributed by atoms with Gasteiger partial charge >= 0.3 is 0 Å². The van der Waals surface area contributed by atoms with Gasteiger partial charge in [-0.2, -0.15) is 4.98 Å². The molecule has 0 aliphatic heterocycles. The van der Waals surface area contributed by atoms with E-state index < -0.39 is 0 Å². The normalized spacial score (nSPS) is 12.2. The molecule has 0 bridgehead atoms. The molecule has 0 saturated carbocycles. The number of carbonyl (C=O) groups excluding carboxylic acids is 1. The predicted molar refractivity (Wildman–Crippen MR) is 61.6 cm³/mol. The fourth-order valence-electron chi connectivity index (χ4n) is 1.03. The average Bonchev–Trinajstić information content (AvgIpc) is 2.10. The molecule has 3 N–H and O–H groups in total. The Hall–Kier alpha value is -0.880. The molecule has 0 radical (unpaired) electrons. The van der Waals surface area contributed by atoms with Crippen LogP contribution in [0.15, 0.2) is 10.7 Å². The van der Waals surface area contributed by atoms with Crippen LogP contribution >= 0.6 is 27.5 Å². The van der Waals surface area contributed by atoms with Gasteiger partial charge < -0.3 is 11.1 Å². The van der Waals surface area contributed by atoms with Crippen molar-refractivity contribution in [3.8, 4) is 0 Å². The van der Waals surface area contributed by atoms with E-state index in [0.717, 1.165) is 0 Å². The highest BCUT2D eigenvalue weighted by atomic mass is 79.9. The molecule has 0 aromatic carbocycles. The summed E-state index contributed by atoms with van der Waals surface area (Å²) in [5, 5.41) is 3.14. The molecule has 1 heterocycles. The highest BCUT2D eigenvalue weighted by Crippen LogP contribution is 2.21. The lowest BCUT2D eigenvalue weighted by molar-refractivity contribution is -0.118. The van der Waals surface area contributed by atoms with E-state index in [0.29, 0.717) is 10.3 Å². The molecule has 0 aliphatic carbocycles. The molecule has 15 heavy (non-hydrogen) atoms. The first-order chi connectivity index (χ1) is 6.99. The third-order valence-corrected chi connectivity index (χ3v) is 2.37. The Balaban J connectivity index is 2.71. The highest BCUT2D eigenvalue weighted by Gasteiger charge is 2.09. The largest absolute Gasteiger partial charge is 0.370 e. The summed E-state index contributed by atoms with van der Waals surface area (Å²) in [6.07, 6.45) is 1.77. The second kappa shape index (κ2) is 5.27. The van der Waals surface area contributed by atoms with E-state index in [4.69, 9.17) is 17.3 Å². The minimum Gasteiger partial charge on any atom is -0.370 e. The lowest BCUT2D eigenvalue weighted by atomic mass is 10.2. The van der Waals surface area contributed by atoms with Gasteiger partial charge in [0.25, 0.3) is 0 Å². The smallest absolute Gasteiger partial charge is 0.224 e. The second-order valence-electron chi connectivity index (χ2n) is 3.05. The number of aromatic nitrogens is 2. The average molecular weight is 294 g/mol. The van der Waals surface area contributed by atoms with Gasteiger partial charge in [-0.15, -0.1) is 0 Å². The summed E-state index contributed by atoms with van der Waals surface area (Å²) in [6, 6.07) is -0.107. The van der Waals surface area contributed by atoms with Crippen molar-refractivity contribution in [2.24, 2.45) is 5.73 Å². The van der Waals surface area contributed by atoms with Crippen molar-refractivity contribution in [1.82, 2.24) is 9.97 Å². The fraction of sp³-hybridized carbons (Fsp3) is 0.375. The van der Waals surface area contributed by atoms with E-state index in [1.54, 1.807) is 0 Å². The van der Waals surface area contributed by atoms with E-state index in [1.165, 1.54) is 6.20 Å². The van der Waals surface area contributed by atoms with Crippen molar-refractivity contribution >= 4 is 39.3 Å². The van der Waals surface area contributed by atoms with Crippen LogP contribution in [0.4, 0.5) is 5.82 Å². The van der Waals surface area contributed by atoms with Crippen LogP contribution in [-0.2, 0) is 4.79 Å². The van der Waals surface area contributed by atoms with Crippen LogP contribution in [0.25, 0.3) is 0 Å². The van der Waals surface area contributed by atoms with Gasteiger partial charge in [-0.3, -0.25) is 4.79 Å². The summed E-state index contributed by atoms with van der Waals surface area (Å²) < 4.78 is 0.684. The molecule has 1 amide bonds. The molecule has 1 atom stereocenters. The number of halogens is 2. The second-order valence-corrected chi connectivity index (χ2v) is 4.24. The number of amides is 1. The standard InChI is InChI=1S/C8H10BrClN4O/c1-4(2-6(11)15)13-7-5(9)3-12-8(10)14-7/h3-4H,2H2,1H3,(H2,11,15)(H,12,13,14). The molecule has 0 spiro atoms. The number of nitrogens with one attached hydrogen (secondary N) is 1. The molecule has 0 saturated heterocycles.